The molecule has 3 fully saturated rings. The van der Waals surface area contributed by atoms with E-state index in [4.69, 9.17) is 29.4 Å². The Morgan fingerprint density at radius 1 is 1.09 bits per heavy atom. The van der Waals surface area contributed by atoms with Crippen molar-refractivity contribution in [1.29, 1.82) is 0 Å². The predicted octanol–water partition coefficient (Wildman–Crippen LogP) is 5.05. The number of likely N-dealkylation sites (N-methyl/N-ethyl adjacent to an activating group) is 1. The van der Waals surface area contributed by atoms with Gasteiger partial charge in [-0.2, -0.15) is 0 Å². The summed E-state index contributed by atoms with van der Waals surface area (Å²) in [6, 6.07) is 4.60. The van der Waals surface area contributed by atoms with Gasteiger partial charge in [-0.25, -0.2) is 28.4 Å². The van der Waals surface area contributed by atoms with Crippen LogP contribution in [0.4, 0.5) is 13.6 Å². The number of esters is 1. The average molecular weight is 811 g/mol. The van der Waals surface area contributed by atoms with Gasteiger partial charge in [0.05, 0.1) is 23.9 Å². The fourth-order valence-electron chi connectivity index (χ4n) is 9.44. The van der Waals surface area contributed by atoms with E-state index < -0.39 is 83.2 Å². The van der Waals surface area contributed by atoms with E-state index in [9.17, 15) is 23.9 Å². The van der Waals surface area contributed by atoms with Crippen molar-refractivity contribution in [2.75, 3.05) is 34.3 Å². The van der Waals surface area contributed by atoms with Crippen LogP contribution < -0.4 is 5.73 Å². The number of hydrogen-bond acceptors (Lipinski definition) is 12. The van der Waals surface area contributed by atoms with Crippen molar-refractivity contribution in [3.8, 4) is 0 Å². The van der Waals surface area contributed by atoms with Gasteiger partial charge in [-0.3, -0.25) is 4.79 Å². The van der Waals surface area contributed by atoms with Crippen molar-refractivity contribution in [3.63, 3.8) is 0 Å². The number of ether oxygens (including phenoxy) is 5. The van der Waals surface area contributed by atoms with Crippen LogP contribution in [-0.4, -0.2) is 138 Å². The second kappa shape index (κ2) is 18.6. The Balaban J connectivity index is 1.79. The number of nitrogens with two attached hydrogens (primary N) is 1. The van der Waals surface area contributed by atoms with Gasteiger partial charge in [-0.15, -0.1) is 0 Å². The van der Waals surface area contributed by atoms with Gasteiger partial charge in [0.15, 0.2) is 17.7 Å². The quantitative estimate of drug-likeness (QED) is 0.227. The van der Waals surface area contributed by atoms with E-state index in [-0.39, 0.29) is 36.7 Å². The van der Waals surface area contributed by atoms with Crippen molar-refractivity contribution >= 4 is 17.8 Å². The van der Waals surface area contributed by atoms with E-state index in [1.54, 1.807) is 31.8 Å². The molecule has 0 radical (unpaired) electrons. The van der Waals surface area contributed by atoms with Crippen LogP contribution in [0.25, 0.3) is 0 Å². The van der Waals surface area contributed by atoms with Crippen LogP contribution in [-0.2, 0) is 39.7 Å². The number of aliphatic hydroxyl groups excluding tert-OH is 1. The highest BCUT2D eigenvalue weighted by molar-refractivity contribution is 6.07. The number of aliphatic hydroxyl groups is 1. The number of hydrazine groups is 1. The summed E-state index contributed by atoms with van der Waals surface area (Å²) in [6.45, 7) is 15.9. The first-order chi connectivity index (χ1) is 26.6. The minimum atomic E-state index is -3.16. The second-order valence-electron chi connectivity index (χ2n) is 17.3. The molecular weight excluding hydrogens is 742 g/mol. The van der Waals surface area contributed by atoms with Crippen LogP contribution in [0.1, 0.15) is 93.6 Å². The zero-order valence-electron chi connectivity index (χ0n) is 36.0. The predicted molar refractivity (Wildman–Crippen MR) is 210 cm³/mol. The minimum absolute atomic E-state index is 0.124. The zero-order chi connectivity index (χ0) is 42.8. The number of amides is 1. The summed E-state index contributed by atoms with van der Waals surface area (Å²) in [6.07, 6.45) is -3.76. The number of Topliss-reactive ketones (excluding diaryl/α,β-unsaturated/α-hetero) is 1. The number of cyclic esters (lactones) is 1. The van der Waals surface area contributed by atoms with Gasteiger partial charge in [-0.05, 0) is 103 Å². The number of carbonyl (C=O) groups is 3. The SMILES string of the molecule is CC[C@H]1OC(=O)C(C)(F)C(=O)[C@H](C)[C@@H](O[C@@H]2O[C@H](C)C[C@H](N(C)C)[C@H]2O)[C@@](C)(OC)C[C@@H](C)C(N)[C@H](C)[C@H]2N(N(CC)CCCc3cccc(F)c3)C(=O)O[C@]12C. The summed E-state index contributed by atoms with van der Waals surface area (Å²) in [5, 5.41) is 14.8. The minimum Gasteiger partial charge on any atom is -0.455 e. The third-order valence-electron chi connectivity index (χ3n) is 12.9. The third-order valence-corrected chi connectivity index (χ3v) is 12.9. The molecule has 3 heterocycles. The van der Waals surface area contributed by atoms with Crippen molar-refractivity contribution in [3.05, 3.63) is 35.6 Å². The molecule has 1 amide bonds. The Hall–Kier alpha value is -2.79. The van der Waals surface area contributed by atoms with Gasteiger partial charge in [0.25, 0.3) is 5.67 Å². The Labute approximate surface area is 337 Å². The molecular formula is C42H68F2N4O9. The lowest BCUT2D eigenvalue weighted by molar-refractivity contribution is -0.296. The van der Waals surface area contributed by atoms with Gasteiger partial charge in [0, 0.05) is 38.2 Å². The molecule has 3 N–H and O–H groups in total. The topological polar surface area (TPSA) is 153 Å². The molecule has 4 rings (SSSR count). The lowest BCUT2D eigenvalue weighted by atomic mass is 9.72. The van der Waals surface area contributed by atoms with E-state index in [0.717, 1.165) is 12.5 Å². The summed E-state index contributed by atoms with van der Waals surface area (Å²) in [5.41, 5.74) is 1.99. The standard InChI is InChI=1S/C42H68F2N4O9/c1-13-31-42(9)34(48(39(52)57-42)47(14-2)20-16-18-28-17-15-19-29(43)22-28)26(5)32(45)24(3)23-40(7,53-12)36(27(6)35(50)41(8,44)38(51)55-31)56-37-33(49)30(46(10)11)21-25(4)54-37/h15,17,19,22,24-27,30-34,36-37,49H,13-14,16,18,20-21,23,45H2,1-12H3/t24-,25-,26+,27+,30+,31-,32?,33-,34-,36-,37+,40+,41?,42-/m1/s1. The largest absolute Gasteiger partial charge is 0.455 e. The maximum absolute atomic E-state index is 16.9. The number of benzene rings is 1. The molecule has 0 bridgehead atoms. The molecule has 0 aromatic heterocycles. The molecule has 14 atom stereocenters. The lowest BCUT2D eigenvalue weighted by Crippen LogP contribution is -2.64. The molecule has 1 aromatic carbocycles. The number of rotatable bonds is 11. The van der Waals surface area contributed by atoms with Crippen molar-refractivity contribution in [2.45, 2.75) is 160 Å². The number of carbonyl (C=O) groups excluding carboxylic acids is 3. The Morgan fingerprint density at radius 2 is 1.75 bits per heavy atom. The number of ketones is 1. The van der Waals surface area contributed by atoms with Crippen molar-refractivity contribution < 1.29 is 52.0 Å². The normalized spacial score (nSPS) is 39.9. The summed E-state index contributed by atoms with van der Waals surface area (Å²) < 4.78 is 61.8. The molecule has 15 heteroatoms. The van der Waals surface area contributed by atoms with Crippen LogP contribution in [0.2, 0.25) is 0 Å². The number of methoxy groups -OCH3 is 1. The summed E-state index contributed by atoms with van der Waals surface area (Å²) in [5.74, 6) is -5.05. The summed E-state index contributed by atoms with van der Waals surface area (Å²) in [4.78, 5) is 44.2. The van der Waals surface area contributed by atoms with Gasteiger partial charge in [0.1, 0.15) is 18.0 Å². The van der Waals surface area contributed by atoms with Gasteiger partial charge in [-0.1, -0.05) is 46.8 Å². The summed E-state index contributed by atoms with van der Waals surface area (Å²) >= 11 is 0. The first-order valence-corrected chi connectivity index (χ1v) is 20.5. The number of alkyl halides is 1. The lowest BCUT2D eigenvalue weighted by Gasteiger charge is -2.48. The molecule has 2 unspecified atom stereocenters. The highest BCUT2D eigenvalue weighted by atomic mass is 19.1. The van der Waals surface area contributed by atoms with E-state index >= 15 is 4.39 Å². The number of hydrogen-bond donors (Lipinski definition) is 2. The Bertz CT molecular complexity index is 1550. The fraction of sp³-hybridized carbons (Fsp3) is 0.786. The Morgan fingerprint density at radius 3 is 2.33 bits per heavy atom. The van der Waals surface area contributed by atoms with Crippen LogP contribution in [0.5, 0.6) is 0 Å². The number of nitrogens with zero attached hydrogens (tertiary/aromatic N) is 3. The zero-order valence-corrected chi connectivity index (χ0v) is 36.0. The molecule has 3 aliphatic rings. The fourth-order valence-corrected chi connectivity index (χ4v) is 9.44. The first-order valence-electron chi connectivity index (χ1n) is 20.5. The van der Waals surface area contributed by atoms with Crippen LogP contribution in [0.15, 0.2) is 24.3 Å². The molecule has 0 spiro atoms. The maximum atomic E-state index is 16.9. The van der Waals surface area contributed by atoms with E-state index in [1.165, 1.54) is 26.2 Å². The maximum Gasteiger partial charge on any atom is 0.425 e. The third kappa shape index (κ3) is 9.66. The Kier molecular flexibility index (Phi) is 15.3. The smallest absolute Gasteiger partial charge is 0.425 e. The molecule has 3 aliphatic heterocycles. The molecule has 1 aromatic rings. The molecule has 0 saturated carbocycles. The second-order valence-corrected chi connectivity index (χ2v) is 17.3. The van der Waals surface area contributed by atoms with Crippen LogP contribution in [0, 0.1) is 23.6 Å². The molecule has 324 valence electrons. The average Bonchev–Trinajstić information content (AvgIpc) is 3.43. The monoisotopic (exact) mass is 810 g/mol. The number of fused-ring (bicyclic) bond motifs is 1. The molecule has 57 heavy (non-hydrogen) atoms. The van der Waals surface area contributed by atoms with Gasteiger partial charge >= 0.3 is 12.1 Å². The van der Waals surface area contributed by atoms with Gasteiger partial charge < -0.3 is 39.4 Å². The van der Waals surface area contributed by atoms with Crippen LogP contribution >= 0.6 is 0 Å². The van der Waals surface area contributed by atoms with Crippen LogP contribution in [0.3, 0.4) is 0 Å². The van der Waals surface area contributed by atoms with E-state index in [0.29, 0.717) is 32.4 Å². The van der Waals surface area contributed by atoms with Crippen molar-refractivity contribution in [1.82, 2.24) is 14.9 Å². The molecule has 3 saturated heterocycles. The highest BCUT2D eigenvalue weighted by Crippen LogP contribution is 2.45. The number of halogens is 2. The first kappa shape index (κ1) is 46.9. The molecule has 0 aliphatic carbocycles. The van der Waals surface area contributed by atoms with Crippen molar-refractivity contribution in [2.24, 2.45) is 23.5 Å². The van der Waals surface area contributed by atoms with E-state index in [1.807, 2.05) is 57.8 Å². The highest BCUT2D eigenvalue weighted by Gasteiger charge is 2.62. The number of aryl methyl sites for hydroxylation is 1. The van der Waals surface area contributed by atoms with E-state index in [2.05, 4.69) is 0 Å². The summed E-state index contributed by atoms with van der Waals surface area (Å²) in [7, 11) is 5.14. The van der Waals surface area contributed by atoms with Gasteiger partial charge in [0.2, 0.25) is 0 Å². The molecule has 13 nitrogen and oxygen atoms in total.